The van der Waals surface area contributed by atoms with Crippen LogP contribution in [-0.4, -0.2) is 47.7 Å². The van der Waals surface area contributed by atoms with Gasteiger partial charge in [0.2, 0.25) is 6.10 Å². The van der Waals surface area contributed by atoms with Crippen LogP contribution in [0.1, 0.15) is 11.1 Å². The minimum atomic E-state index is -0.960. The predicted molar refractivity (Wildman–Crippen MR) is 106 cm³/mol. The van der Waals surface area contributed by atoms with Crippen molar-refractivity contribution >= 4 is 23.8 Å². The van der Waals surface area contributed by atoms with E-state index in [1.165, 1.54) is 0 Å². The van der Waals surface area contributed by atoms with Gasteiger partial charge in [0.15, 0.2) is 0 Å². The third-order valence-electron chi connectivity index (χ3n) is 4.26. The third-order valence-corrected chi connectivity index (χ3v) is 5.21. The first-order valence-corrected chi connectivity index (χ1v) is 10.2. The first-order valence-electron chi connectivity index (χ1n) is 9.00. The predicted octanol–water partition coefficient (Wildman–Crippen LogP) is 3.53. The highest BCUT2D eigenvalue weighted by Gasteiger charge is 2.28. The lowest BCUT2D eigenvalue weighted by Crippen LogP contribution is -2.42. The van der Waals surface area contributed by atoms with Crippen LogP contribution in [0.4, 0.5) is 4.79 Å². The summed E-state index contributed by atoms with van der Waals surface area (Å²) in [4.78, 5) is 26.7. The van der Waals surface area contributed by atoms with Gasteiger partial charge >= 0.3 is 12.1 Å². The largest absolute Gasteiger partial charge is 0.458 e. The summed E-state index contributed by atoms with van der Waals surface area (Å²) in [5.74, 6) is 1.25. The Morgan fingerprint density at radius 3 is 2.15 bits per heavy atom. The Labute approximate surface area is 163 Å². The van der Waals surface area contributed by atoms with E-state index >= 15 is 0 Å². The van der Waals surface area contributed by atoms with Crippen molar-refractivity contribution in [3.8, 4) is 0 Å². The molecule has 1 saturated heterocycles. The van der Waals surface area contributed by atoms with Crippen LogP contribution in [0, 0.1) is 0 Å². The molecular weight excluding hydrogens is 362 g/mol. The third kappa shape index (κ3) is 6.03. The van der Waals surface area contributed by atoms with Gasteiger partial charge in [-0.15, -0.1) is 0 Å². The zero-order chi connectivity index (χ0) is 18.9. The van der Waals surface area contributed by atoms with Gasteiger partial charge in [-0.25, -0.2) is 9.59 Å². The highest BCUT2D eigenvalue weighted by atomic mass is 32.2. The Balaban J connectivity index is 1.64. The van der Waals surface area contributed by atoms with Gasteiger partial charge in [0.05, 0.1) is 0 Å². The molecule has 142 valence electrons. The summed E-state index contributed by atoms with van der Waals surface area (Å²) in [5.41, 5.74) is 1.81. The van der Waals surface area contributed by atoms with Crippen molar-refractivity contribution in [1.29, 1.82) is 0 Å². The molecule has 0 bridgehead atoms. The average Bonchev–Trinajstić information content (AvgIpc) is 2.73. The first kappa shape index (κ1) is 19.3. The molecule has 0 radical (unpaired) electrons. The van der Waals surface area contributed by atoms with E-state index in [1.54, 1.807) is 4.90 Å². The molecule has 1 fully saturated rings. The molecule has 2 aromatic carbocycles. The van der Waals surface area contributed by atoms with Crippen molar-refractivity contribution in [2.75, 3.05) is 24.6 Å². The molecule has 27 heavy (non-hydrogen) atoms. The van der Waals surface area contributed by atoms with Gasteiger partial charge < -0.3 is 14.4 Å². The highest BCUT2D eigenvalue weighted by molar-refractivity contribution is 7.99. The Hall–Kier alpha value is -2.47. The Kier molecular flexibility index (Phi) is 7.16. The highest BCUT2D eigenvalue weighted by Crippen LogP contribution is 2.14. The normalized spacial score (nSPS) is 15.0. The average molecular weight is 385 g/mol. The molecule has 1 heterocycles. The monoisotopic (exact) mass is 385 g/mol. The number of thioether (sulfide) groups is 1. The van der Waals surface area contributed by atoms with Gasteiger partial charge in [-0.05, 0) is 11.1 Å². The lowest BCUT2D eigenvalue weighted by atomic mass is 10.1. The van der Waals surface area contributed by atoms with Crippen LogP contribution < -0.4 is 0 Å². The smallest absolute Gasteiger partial charge is 0.410 e. The van der Waals surface area contributed by atoms with Gasteiger partial charge in [-0.2, -0.15) is 11.8 Å². The molecule has 1 aliphatic heterocycles. The van der Waals surface area contributed by atoms with E-state index < -0.39 is 18.2 Å². The number of benzene rings is 2. The maximum absolute atomic E-state index is 12.6. The quantitative estimate of drug-likeness (QED) is 0.712. The number of nitrogens with zero attached hydrogens (tertiary/aromatic N) is 1. The standard InChI is InChI=1S/C21H23NO4S/c23-20(25-16-18-9-5-2-6-10-18)19(15-17-7-3-1-4-8-17)26-21(24)22-11-13-27-14-12-22/h1-10,19H,11-16H2/t19-/m0/s1. The van der Waals surface area contributed by atoms with Crippen molar-refractivity contribution in [3.05, 3.63) is 71.8 Å². The number of ether oxygens (including phenoxy) is 2. The van der Waals surface area contributed by atoms with Gasteiger partial charge in [0.1, 0.15) is 6.61 Å². The fourth-order valence-electron chi connectivity index (χ4n) is 2.77. The number of esters is 1. The summed E-state index contributed by atoms with van der Waals surface area (Å²) < 4.78 is 11.0. The van der Waals surface area contributed by atoms with Crippen molar-refractivity contribution < 1.29 is 19.1 Å². The van der Waals surface area contributed by atoms with Crippen LogP contribution in [0.5, 0.6) is 0 Å². The SMILES string of the molecule is O=C(OCc1ccccc1)[C@H](Cc1ccccc1)OC(=O)N1CCSCC1. The summed E-state index contributed by atoms with van der Waals surface area (Å²) in [5, 5.41) is 0. The molecule has 0 spiro atoms. The van der Waals surface area contributed by atoms with E-state index in [9.17, 15) is 9.59 Å². The Morgan fingerprint density at radius 2 is 1.52 bits per heavy atom. The van der Waals surface area contributed by atoms with Gasteiger partial charge in [0, 0.05) is 31.0 Å². The summed E-state index contributed by atoms with van der Waals surface area (Å²) in [7, 11) is 0. The van der Waals surface area contributed by atoms with Crippen molar-refractivity contribution in [1.82, 2.24) is 4.90 Å². The molecule has 1 atom stereocenters. The fourth-order valence-corrected chi connectivity index (χ4v) is 3.67. The molecule has 0 N–H and O–H groups in total. The van der Waals surface area contributed by atoms with Gasteiger partial charge in [-0.3, -0.25) is 0 Å². The number of rotatable bonds is 6. The number of carbonyl (C=O) groups is 2. The Morgan fingerprint density at radius 1 is 0.926 bits per heavy atom. The zero-order valence-corrected chi connectivity index (χ0v) is 15.9. The number of carbonyl (C=O) groups excluding carboxylic acids is 2. The lowest BCUT2D eigenvalue weighted by Gasteiger charge is -2.27. The molecule has 2 aromatic rings. The van der Waals surface area contributed by atoms with E-state index in [4.69, 9.17) is 9.47 Å². The number of amides is 1. The Bertz CT molecular complexity index is 732. The van der Waals surface area contributed by atoms with Crippen molar-refractivity contribution in [2.45, 2.75) is 19.1 Å². The molecule has 3 rings (SSSR count). The first-order chi connectivity index (χ1) is 13.2. The molecule has 0 unspecified atom stereocenters. The van der Waals surface area contributed by atoms with E-state index in [0.717, 1.165) is 22.6 Å². The molecule has 0 saturated carbocycles. The van der Waals surface area contributed by atoms with Crippen molar-refractivity contribution in [3.63, 3.8) is 0 Å². The summed E-state index contributed by atoms with van der Waals surface area (Å²) in [6.07, 6.45) is -1.12. The second-order valence-electron chi connectivity index (χ2n) is 6.25. The van der Waals surface area contributed by atoms with Gasteiger partial charge in [-0.1, -0.05) is 60.7 Å². The van der Waals surface area contributed by atoms with E-state index in [1.807, 2.05) is 72.4 Å². The molecule has 6 heteroatoms. The summed E-state index contributed by atoms with van der Waals surface area (Å²) in [6, 6.07) is 19.0. The van der Waals surface area contributed by atoms with E-state index in [0.29, 0.717) is 19.5 Å². The maximum atomic E-state index is 12.6. The van der Waals surface area contributed by atoms with Crippen LogP contribution in [0.15, 0.2) is 60.7 Å². The molecule has 1 amide bonds. The van der Waals surface area contributed by atoms with Crippen LogP contribution in [-0.2, 0) is 27.3 Å². The molecular formula is C21H23NO4S. The summed E-state index contributed by atoms with van der Waals surface area (Å²) in [6.45, 7) is 1.43. The minimum Gasteiger partial charge on any atom is -0.458 e. The molecule has 0 aromatic heterocycles. The van der Waals surface area contributed by atoms with E-state index in [2.05, 4.69) is 0 Å². The number of hydrogen-bond donors (Lipinski definition) is 0. The maximum Gasteiger partial charge on any atom is 0.410 e. The minimum absolute atomic E-state index is 0.156. The molecule has 1 aliphatic rings. The topological polar surface area (TPSA) is 55.8 Å². The van der Waals surface area contributed by atoms with Crippen LogP contribution in [0.25, 0.3) is 0 Å². The van der Waals surface area contributed by atoms with Crippen LogP contribution in [0.2, 0.25) is 0 Å². The second kappa shape index (κ2) is 10.0. The van der Waals surface area contributed by atoms with E-state index in [-0.39, 0.29) is 6.61 Å². The van der Waals surface area contributed by atoms with Crippen LogP contribution in [0.3, 0.4) is 0 Å². The van der Waals surface area contributed by atoms with Crippen LogP contribution >= 0.6 is 11.8 Å². The second-order valence-corrected chi connectivity index (χ2v) is 7.48. The zero-order valence-electron chi connectivity index (χ0n) is 15.1. The summed E-state index contributed by atoms with van der Waals surface area (Å²) >= 11 is 1.81. The van der Waals surface area contributed by atoms with Gasteiger partial charge in [0.25, 0.3) is 0 Å². The molecule has 0 aliphatic carbocycles. The lowest BCUT2D eigenvalue weighted by molar-refractivity contribution is -0.155. The molecule has 5 nitrogen and oxygen atoms in total. The fraction of sp³-hybridized carbons (Fsp3) is 0.333. The van der Waals surface area contributed by atoms with Crippen molar-refractivity contribution in [2.24, 2.45) is 0 Å². The number of hydrogen-bond acceptors (Lipinski definition) is 5.